The Bertz CT molecular complexity index is 418. The molecule has 1 aromatic rings. The van der Waals surface area contributed by atoms with Gasteiger partial charge in [-0.25, -0.2) is 4.79 Å². The molecule has 0 saturated carbocycles. The average molecular weight is 234 g/mol. The Balaban J connectivity index is 2.33. The van der Waals surface area contributed by atoms with E-state index in [1.807, 2.05) is 45.0 Å². The molecule has 92 valence electrons. The van der Waals surface area contributed by atoms with Gasteiger partial charge in [0.05, 0.1) is 5.60 Å². The molecule has 3 heteroatoms. The summed E-state index contributed by atoms with van der Waals surface area (Å²) in [5.41, 5.74) is 0.612. The summed E-state index contributed by atoms with van der Waals surface area (Å²) in [6.45, 7) is 5.67. The van der Waals surface area contributed by atoms with Crippen molar-refractivity contribution in [2.75, 3.05) is 0 Å². The summed E-state index contributed by atoms with van der Waals surface area (Å²) in [5.74, 6) is -0.872. The first-order valence-corrected chi connectivity index (χ1v) is 5.83. The van der Waals surface area contributed by atoms with Gasteiger partial charge in [-0.1, -0.05) is 24.3 Å². The quantitative estimate of drug-likeness (QED) is 0.854. The fraction of sp³-hybridized carbons (Fsp3) is 0.500. The Morgan fingerprint density at radius 3 is 2.06 bits per heavy atom. The third-order valence-corrected chi connectivity index (χ3v) is 2.96. The predicted molar refractivity (Wildman–Crippen MR) is 65.1 cm³/mol. The molecule has 0 amide bonds. The lowest BCUT2D eigenvalue weighted by Gasteiger charge is -2.33. The number of ether oxygens (including phenoxy) is 1. The van der Waals surface area contributed by atoms with Crippen LogP contribution < -0.4 is 0 Å². The molecule has 17 heavy (non-hydrogen) atoms. The Labute approximate surface area is 101 Å². The summed E-state index contributed by atoms with van der Waals surface area (Å²) in [6.07, 6.45) is 0.908. The largest absolute Gasteiger partial charge is 0.479 e. The highest BCUT2D eigenvalue weighted by Gasteiger charge is 2.47. The van der Waals surface area contributed by atoms with Gasteiger partial charge >= 0.3 is 5.97 Å². The first-order valence-electron chi connectivity index (χ1n) is 5.83. The van der Waals surface area contributed by atoms with Crippen LogP contribution in [0.15, 0.2) is 24.3 Å². The minimum Gasteiger partial charge on any atom is -0.479 e. The molecular weight excluding hydrogens is 216 g/mol. The molecule has 0 bridgehead atoms. The summed E-state index contributed by atoms with van der Waals surface area (Å²) in [4.78, 5) is 11.5. The normalized spacial score (nSPS) is 17.8. The second-order valence-electron chi connectivity index (χ2n) is 5.64. The predicted octanol–water partition coefficient (Wildman–Crippen LogP) is 2.42. The van der Waals surface area contributed by atoms with Gasteiger partial charge in [-0.3, -0.25) is 0 Å². The molecule has 0 radical (unpaired) electrons. The highest BCUT2D eigenvalue weighted by molar-refractivity contribution is 5.80. The monoisotopic (exact) mass is 234 g/mol. The smallest absolute Gasteiger partial charge is 0.336 e. The number of aliphatic carboxylic acids is 1. The van der Waals surface area contributed by atoms with E-state index in [1.165, 1.54) is 0 Å². The molecule has 0 spiro atoms. The van der Waals surface area contributed by atoms with Crippen molar-refractivity contribution < 1.29 is 14.6 Å². The van der Waals surface area contributed by atoms with Gasteiger partial charge < -0.3 is 9.84 Å². The summed E-state index contributed by atoms with van der Waals surface area (Å²) in [6, 6.07) is 7.83. The lowest BCUT2D eigenvalue weighted by molar-refractivity contribution is -0.182. The van der Waals surface area contributed by atoms with E-state index >= 15 is 0 Å². The summed E-state index contributed by atoms with van der Waals surface area (Å²) in [5, 5.41) is 9.47. The van der Waals surface area contributed by atoms with Crippen LogP contribution in [0.4, 0.5) is 0 Å². The number of carboxylic acids is 1. The molecule has 0 unspecified atom stereocenters. The Morgan fingerprint density at radius 2 is 1.71 bits per heavy atom. The van der Waals surface area contributed by atoms with E-state index < -0.39 is 17.2 Å². The van der Waals surface area contributed by atoms with Crippen LogP contribution in [0.5, 0.6) is 0 Å². The molecule has 0 saturated heterocycles. The Morgan fingerprint density at radius 1 is 1.24 bits per heavy atom. The van der Waals surface area contributed by atoms with Crippen LogP contribution in [0.3, 0.4) is 0 Å². The molecule has 0 fully saturated rings. The molecular formula is C14H18O3. The van der Waals surface area contributed by atoms with E-state index in [1.54, 1.807) is 0 Å². The van der Waals surface area contributed by atoms with E-state index in [4.69, 9.17) is 4.74 Å². The van der Waals surface area contributed by atoms with E-state index in [2.05, 4.69) is 0 Å². The minimum atomic E-state index is -1.10. The highest BCUT2D eigenvalue weighted by Crippen LogP contribution is 2.36. The third-order valence-electron chi connectivity index (χ3n) is 2.96. The zero-order valence-corrected chi connectivity index (χ0v) is 10.5. The van der Waals surface area contributed by atoms with Crippen molar-refractivity contribution in [2.24, 2.45) is 0 Å². The molecule has 1 aliphatic rings. The number of carbonyl (C=O) groups is 1. The SMILES string of the molecule is CC(C)(C)OC1(C(=O)O)Cc2ccccc2C1. The van der Waals surface area contributed by atoms with Crippen molar-refractivity contribution in [3.63, 3.8) is 0 Å². The number of hydrogen-bond acceptors (Lipinski definition) is 2. The molecule has 1 aromatic carbocycles. The summed E-state index contributed by atoms with van der Waals surface area (Å²) < 4.78 is 5.83. The zero-order chi connectivity index (χ0) is 12.7. The summed E-state index contributed by atoms with van der Waals surface area (Å²) >= 11 is 0. The van der Waals surface area contributed by atoms with Crippen LogP contribution in [0.1, 0.15) is 31.9 Å². The van der Waals surface area contributed by atoms with E-state index in [0.29, 0.717) is 12.8 Å². The number of hydrogen-bond donors (Lipinski definition) is 1. The van der Waals surface area contributed by atoms with Gasteiger partial charge in [-0.2, -0.15) is 0 Å². The van der Waals surface area contributed by atoms with Crippen molar-refractivity contribution >= 4 is 5.97 Å². The van der Waals surface area contributed by atoms with Crippen LogP contribution in [0.2, 0.25) is 0 Å². The first kappa shape index (κ1) is 12.1. The van der Waals surface area contributed by atoms with Crippen molar-refractivity contribution in [1.82, 2.24) is 0 Å². The van der Waals surface area contributed by atoms with Crippen LogP contribution in [-0.2, 0) is 22.4 Å². The number of benzene rings is 1. The lowest BCUT2D eigenvalue weighted by Crippen LogP contribution is -2.47. The highest BCUT2D eigenvalue weighted by atomic mass is 16.5. The van der Waals surface area contributed by atoms with Gasteiger partial charge in [-0.15, -0.1) is 0 Å². The molecule has 3 nitrogen and oxygen atoms in total. The van der Waals surface area contributed by atoms with Crippen LogP contribution in [-0.4, -0.2) is 22.3 Å². The van der Waals surface area contributed by atoms with E-state index in [-0.39, 0.29) is 0 Å². The first-order chi connectivity index (χ1) is 7.82. The van der Waals surface area contributed by atoms with Crippen LogP contribution in [0.25, 0.3) is 0 Å². The lowest BCUT2D eigenvalue weighted by atomic mass is 9.98. The topological polar surface area (TPSA) is 46.5 Å². The molecule has 2 rings (SSSR count). The fourth-order valence-corrected chi connectivity index (χ4v) is 2.43. The maximum absolute atomic E-state index is 11.5. The molecule has 0 aromatic heterocycles. The maximum Gasteiger partial charge on any atom is 0.336 e. The van der Waals surface area contributed by atoms with Crippen molar-refractivity contribution in [3.05, 3.63) is 35.4 Å². The van der Waals surface area contributed by atoms with Gasteiger partial charge in [-0.05, 0) is 31.9 Å². The Hall–Kier alpha value is -1.35. The van der Waals surface area contributed by atoms with Gasteiger partial charge in [0, 0.05) is 12.8 Å². The average Bonchev–Trinajstić information content (AvgIpc) is 2.53. The molecule has 1 N–H and O–H groups in total. The minimum absolute atomic E-state index is 0.454. The van der Waals surface area contributed by atoms with E-state index in [0.717, 1.165) is 11.1 Å². The van der Waals surface area contributed by atoms with Gasteiger partial charge in [0.15, 0.2) is 5.60 Å². The zero-order valence-electron chi connectivity index (χ0n) is 10.5. The number of rotatable bonds is 2. The van der Waals surface area contributed by atoms with Gasteiger partial charge in [0.2, 0.25) is 0 Å². The van der Waals surface area contributed by atoms with Gasteiger partial charge in [0.1, 0.15) is 0 Å². The Kier molecular flexibility index (Phi) is 2.74. The molecule has 0 aliphatic heterocycles. The van der Waals surface area contributed by atoms with Crippen molar-refractivity contribution in [1.29, 1.82) is 0 Å². The molecule has 0 heterocycles. The van der Waals surface area contributed by atoms with Crippen molar-refractivity contribution in [3.8, 4) is 0 Å². The second-order valence-corrected chi connectivity index (χ2v) is 5.64. The standard InChI is InChI=1S/C14H18O3/c1-13(2,3)17-14(12(15)16)8-10-6-4-5-7-11(10)9-14/h4-7H,8-9H2,1-3H3,(H,15,16). The van der Waals surface area contributed by atoms with Crippen LogP contribution in [0, 0.1) is 0 Å². The summed E-state index contributed by atoms with van der Waals surface area (Å²) in [7, 11) is 0. The fourth-order valence-electron chi connectivity index (χ4n) is 2.43. The van der Waals surface area contributed by atoms with Gasteiger partial charge in [0.25, 0.3) is 0 Å². The van der Waals surface area contributed by atoms with E-state index in [9.17, 15) is 9.90 Å². The maximum atomic E-state index is 11.5. The second kappa shape index (κ2) is 3.84. The number of carboxylic acid groups (broad SMARTS) is 1. The van der Waals surface area contributed by atoms with Crippen LogP contribution >= 0.6 is 0 Å². The molecule has 1 aliphatic carbocycles. The molecule has 0 atom stereocenters. The number of fused-ring (bicyclic) bond motifs is 1. The third kappa shape index (κ3) is 2.34. The van der Waals surface area contributed by atoms with Crippen molar-refractivity contribution in [2.45, 2.75) is 44.8 Å².